The van der Waals surface area contributed by atoms with Gasteiger partial charge in [-0.05, 0) is 37.5 Å². The fourth-order valence-corrected chi connectivity index (χ4v) is 2.41. The van der Waals surface area contributed by atoms with Gasteiger partial charge >= 0.3 is 6.03 Å². The highest BCUT2D eigenvalue weighted by Gasteiger charge is 2.62. The molecule has 0 bridgehead atoms. The third-order valence-corrected chi connectivity index (χ3v) is 3.83. The summed E-state index contributed by atoms with van der Waals surface area (Å²) in [4.78, 5) is 41.0. The highest BCUT2D eigenvalue weighted by Crippen LogP contribution is 2.50. The molecule has 1 aliphatic heterocycles. The predicted octanol–water partition coefficient (Wildman–Crippen LogP) is 1.00. The van der Waals surface area contributed by atoms with Gasteiger partial charge in [0.1, 0.15) is 5.41 Å². The van der Waals surface area contributed by atoms with Gasteiger partial charge in [0.25, 0.3) is 0 Å². The van der Waals surface area contributed by atoms with Crippen molar-refractivity contribution in [2.75, 3.05) is 0 Å². The molecule has 1 spiro atoms. The van der Waals surface area contributed by atoms with Crippen LogP contribution in [0.25, 0.3) is 0 Å². The highest BCUT2D eigenvalue weighted by molar-refractivity contribution is 6.21. The third kappa shape index (κ3) is 1.63. The van der Waals surface area contributed by atoms with Gasteiger partial charge in [-0.1, -0.05) is 0 Å². The van der Waals surface area contributed by atoms with E-state index in [1.807, 2.05) is 0 Å². The number of barbiturate groups is 1. The first kappa shape index (κ1) is 11.8. The summed E-state index contributed by atoms with van der Waals surface area (Å²) in [6.07, 6.45) is 4.25. The number of hydrogen-bond acceptors (Lipinski definition) is 4. The molecule has 6 heteroatoms. The maximum Gasteiger partial charge on any atom is 0.331 e. The number of nitrogens with one attached hydrogen (secondary N) is 1. The van der Waals surface area contributed by atoms with Gasteiger partial charge in [-0.15, -0.1) is 0 Å². The number of nitrogens with zero attached hydrogens (tertiary/aromatic N) is 2. The summed E-state index contributed by atoms with van der Waals surface area (Å²) in [5.41, 5.74) is -0.182. The Bertz CT molecular complexity index is 566. The van der Waals surface area contributed by atoms with Crippen LogP contribution in [0.2, 0.25) is 0 Å². The second-order valence-corrected chi connectivity index (χ2v) is 4.97. The Morgan fingerprint density at radius 3 is 2.47 bits per heavy atom. The number of hydrogen-bond donors (Lipinski definition) is 1. The molecule has 1 saturated heterocycles. The molecule has 2 fully saturated rings. The van der Waals surface area contributed by atoms with Gasteiger partial charge in [-0.25, -0.2) is 4.79 Å². The molecule has 1 unspecified atom stereocenters. The number of carbonyl (C=O) groups is 3. The molecule has 1 N–H and O–H groups in total. The van der Waals surface area contributed by atoms with Gasteiger partial charge in [0.2, 0.25) is 11.8 Å². The molecular weight excluding hydrogens is 246 g/mol. The van der Waals surface area contributed by atoms with Crippen LogP contribution in [0.4, 0.5) is 4.79 Å². The molecule has 2 aliphatic rings. The lowest BCUT2D eigenvalue weighted by Crippen LogP contribution is -2.59. The van der Waals surface area contributed by atoms with Crippen molar-refractivity contribution in [2.24, 2.45) is 5.41 Å². The zero-order valence-electron chi connectivity index (χ0n) is 10.4. The number of urea groups is 1. The maximum atomic E-state index is 12.4. The molecule has 19 heavy (non-hydrogen) atoms. The minimum Gasteiger partial charge on any atom is -0.277 e. The van der Waals surface area contributed by atoms with Crippen LogP contribution < -0.4 is 5.32 Å². The number of rotatable bonds is 2. The van der Waals surface area contributed by atoms with Crippen LogP contribution in [0.5, 0.6) is 0 Å². The van der Waals surface area contributed by atoms with Crippen molar-refractivity contribution < 1.29 is 14.4 Å². The largest absolute Gasteiger partial charge is 0.331 e. The molecule has 6 nitrogen and oxygen atoms in total. The molecule has 3 rings (SSSR count). The van der Waals surface area contributed by atoms with Gasteiger partial charge in [-0.2, -0.15) is 0 Å². The summed E-state index contributed by atoms with van der Waals surface area (Å²) >= 11 is 0. The first-order valence-electron chi connectivity index (χ1n) is 6.15. The molecule has 0 aromatic carbocycles. The zero-order valence-corrected chi connectivity index (χ0v) is 10.4. The Kier molecular flexibility index (Phi) is 2.41. The average Bonchev–Trinajstić information content (AvgIpc) is 3.19. The maximum absolute atomic E-state index is 12.4. The summed E-state index contributed by atoms with van der Waals surface area (Å²) < 4.78 is 0. The summed E-state index contributed by atoms with van der Waals surface area (Å²) in [6, 6.07) is 2.44. The number of aromatic nitrogens is 1. The van der Waals surface area contributed by atoms with Crippen LogP contribution in [0, 0.1) is 5.41 Å². The van der Waals surface area contributed by atoms with Gasteiger partial charge in [0.05, 0.1) is 6.04 Å². The highest BCUT2D eigenvalue weighted by atomic mass is 16.2. The van der Waals surface area contributed by atoms with Crippen molar-refractivity contribution in [3.05, 3.63) is 30.1 Å². The van der Waals surface area contributed by atoms with Crippen molar-refractivity contribution >= 4 is 17.8 Å². The first-order chi connectivity index (χ1) is 9.06. The Labute approximate surface area is 109 Å². The van der Waals surface area contributed by atoms with Crippen molar-refractivity contribution in [2.45, 2.75) is 25.8 Å². The molecular formula is C13H13N3O3. The monoisotopic (exact) mass is 259 g/mol. The van der Waals surface area contributed by atoms with E-state index in [0.29, 0.717) is 12.8 Å². The lowest BCUT2D eigenvalue weighted by atomic mass is 9.99. The third-order valence-electron chi connectivity index (χ3n) is 3.83. The van der Waals surface area contributed by atoms with Crippen LogP contribution in [0.3, 0.4) is 0 Å². The molecule has 1 aromatic heterocycles. The van der Waals surface area contributed by atoms with Crippen molar-refractivity contribution in [3.8, 4) is 0 Å². The second-order valence-electron chi connectivity index (χ2n) is 4.97. The molecule has 1 saturated carbocycles. The van der Waals surface area contributed by atoms with Crippen molar-refractivity contribution in [1.29, 1.82) is 0 Å². The molecule has 2 heterocycles. The average molecular weight is 259 g/mol. The van der Waals surface area contributed by atoms with E-state index in [1.54, 1.807) is 31.5 Å². The van der Waals surface area contributed by atoms with Gasteiger partial charge in [0.15, 0.2) is 0 Å². The second kappa shape index (κ2) is 3.88. The van der Waals surface area contributed by atoms with Gasteiger partial charge in [-0.3, -0.25) is 24.8 Å². The normalized spacial score (nSPS) is 22.4. The van der Waals surface area contributed by atoms with Gasteiger partial charge in [0, 0.05) is 12.4 Å². The number of amides is 4. The van der Waals surface area contributed by atoms with E-state index in [0.717, 1.165) is 10.5 Å². The molecule has 1 aromatic rings. The number of carbonyl (C=O) groups excluding carboxylic acids is 3. The topological polar surface area (TPSA) is 79.4 Å². The Hall–Kier alpha value is -2.24. The fourth-order valence-electron chi connectivity index (χ4n) is 2.41. The summed E-state index contributed by atoms with van der Waals surface area (Å²) in [7, 11) is 0. The summed E-state index contributed by atoms with van der Waals surface area (Å²) in [5.74, 6) is -0.841. The van der Waals surface area contributed by atoms with Crippen LogP contribution in [-0.4, -0.2) is 27.7 Å². The van der Waals surface area contributed by atoms with Crippen LogP contribution in [-0.2, 0) is 9.59 Å². The van der Waals surface area contributed by atoms with E-state index < -0.39 is 23.4 Å². The first-order valence-corrected chi connectivity index (χ1v) is 6.15. The summed E-state index contributed by atoms with van der Waals surface area (Å²) in [6.45, 7) is 1.76. The lowest BCUT2D eigenvalue weighted by molar-refractivity contribution is -0.146. The van der Waals surface area contributed by atoms with E-state index >= 15 is 0 Å². The van der Waals surface area contributed by atoms with Gasteiger partial charge < -0.3 is 0 Å². The Morgan fingerprint density at radius 2 is 1.89 bits per heavy atom. The van der Waals surface area contributed by atoms with E-state index in [4.69, 9.17) is 0 Å². The zero-order chi connectivity index (χ0) is 13.6. The smallest absolute Gasteiger partial charge is 0.277 e. The van der Waals surface area contributed by atoms with E-state index in [-0.39, 0.29) is 5.91 Å². The molecule has 1 atom stereocenters. The SMILES string of the molecule is CC(c1ccncc1)N1C(=O)NC(=O)C2(CC2)C1=O. The van der Waals surface area contributed by atoms with Crippen LogP contribution in [0.15, 0.2) is 24.5 Å². The van der Waals surface area contributed by atoms with Crippen molar-refractivity contribution in [1.82, 2.24) is 15.2 Å². The molecule has 0 radical (unpaired) electrons. The van der Waals surface area contributed by atoms with Crippen molar-refractivity contribution in [3.63, 3.8) is 0 Å². The molecule has 4 amide bonds. The number of pyridine rings is 1. The Balaban J connectivity index is 1.93. The predicted molar refractivity (Wildman–Crippen MR) is 64.7 cm³/mol. The van der Waals surface area contributed by atoms with E-state index in [1.165, 1.54) is 0 Å². The molecule has 98 valence electrons. The van der Waals surface area contributed by atoms with E-state index in [2.05, 4.69) is 10.3 Å². The molecule has 1 aliphatic carbocycles. The minimum absolute atomic E-state index is 0.384. The van der Waals surface area contributed by atoms with Crippen LogP contribution in [0.1, 0.15) is 31.4 Å². The van der Waals surface area contributed by atoms with Crippen LogP contribution >= 0.6 is 0 Å². The summed E-state index contributed by atoms with van der Waals surface area (Å²) in [5, 5.41) is 2.27. The standard InChI is InChI=1S/C13H13N3O3/c1-8(9-2-6-14-7-3-9)16-11(18)13(4-5-13)10(17)15-12(16)19/h2-3,6-8H,4-5H2,1H3,(H,15,17,19). The quantitative estimate of drug-likeness (QED) is 0.803. The number of imide groups is 2. The Morgan fingerprint density at radius 1 is 1.26 bits per heavy atom. The lowest BCUT2D eigenvalue weighted by Gasteiger charge is -2.34. The van der Waals surface area contributed by atoms with E-state index in [9.17, 15) is 14.4 Å². The fraction of sp³-hybridized carbons (Fsp3) is 0.385. The minimum atomic E-state index is -0.991.